The van der Waals surface area contributed by atoms with Crippen molar-refractivity contribution < 1.29 is 19.0 Å². The summed E-state index contributed by atoms with van der Waals surface area (Å²) in [4.78, 5) is 12.6. The molecular weight excluding hydrogens is 440 g/mol. The topological polar surface area (TPSA) is 87.5 Å². The van der Waals surface area contributed by atoms with E-state index < -0.39 is 0 Å². The third-order valence-corrected chi connectivity index (χ3v) is 5.91. The predicted molar refractivity (Wildman–Crippen MR) is 125 cm³/mol. The van der Waals surface area contributed by atoms with Gasteiger partial charge in [0.25, 0.3) is 0 Å². The molecule has 1 amide bonds. The maximum absolute atomic E-state index is 12.6. The maximum atomic E-state index is 12.6. The number of carbonyl (C=O) groups excluding carboxylic acids is 1. The fraction of sp³-hybridized carbons (Fsp3) is 0.125. The Morgan fingerprint density at radius 1 is 1.03 bits per heavy atom. The van der Waals surface area contributed by atoms with Gasteiger partial charge in [-0.05, 0) is 48.5 Å². The van der Waals surface area contributed by atoms with Gasteiger partial charge in [-0.15, -0.1) is 10.2 Å². The van der Waals surface area contributed by atoms with Crippen molar-refractivity contribution in [1.82, 2.24) is 14.8 Å². The van der Waals surface area contributed by atoms with E-state index in [0.717, 1.165) is 17.0 Å². The molecule has 8 nitrogen and oxygen atoms in total. The Morgan fingerprint density at radius 3 is 2.61 bits per heavy atom. The molecule has 0 unspecified atom stereocenters. The number of nitrogens with zero attached hydrogens (tertiary/aromatic N) is 3. The Balaban J connectivity index is 1.36. The van der Waals surface area contributed by atoms with Gasteiger partial charge in [0.1, 0.15) is 5.75 Å². The van der Waals surface area contributed by atoms with Gasteiger partial charge in [-0.1, -0.05) is 30.0 Å². The first-order chi connectivity index (χ1) is 16.2. The number of hydrogen-bond donors (Lipinski definition) is 1. The minimum absolute atomic E-state index is 0.160. The number of methoxy groups -OCH3 is 1. The molecule has 0 aliphatic carbocycles. The zero-order valence-electron chi connectivity index (χ0n) is 17.7. The van der Waals surface area contributed by atoms with Crippen LogP contribution in [0.1, 0.15) is 0 Å². The van der Waals surface area contributed by atoms with Crippen LogP contribution in [0.2, 0.25) is 0 Å². The van der Waals surface area contributed by atoms with Crippen molar-refractivity contribution in [3.63, 3.8) is 0 Å². The second kappa shape index (κ2) is 9.25. The minimum Gasteiger partial charge on any atom is -0.497 e. The van der Waals surface area contributed by atoms with Gasteiger partial charge < -0.3 is 19.5 Å². The van der Waals surface area contributed by atoms with Crippen LogP contribution in [0.5, 0.6) is 17.2 Å². The summed E-state index contributed by atoms with van der Waals surface area (Å²) in [5.41, 5.74) is 2.45. The molecule has 0 saturated carbocycles. The first kappa shape index (κ1) is 20.9. The van der Waals surface area contributed by atoms with Crippen LogP contribution in [-0.4, -0.2) is 40.3 Å². The van der Waals surface area contributed by atoms with Gasteiger partial charge >= 0.3 is 0 Å². The fourth-order valence-corrected chi connectivity index (χ4v) is 4.15. The molecular formula is C24H20N4O4S. The molecule has 1 aliphatic heterocycles. The van der Waals surface area contributed by atoms with Gasteiger partial charge in [-0.2, -0.15) is 0 Å². The summed E-state index contributed by atoms with van der Waals surface area (Å²) in [5.74, 6) is 2.74. The third-order valence-electron chi connectivity index (χ3n) is 4.98. The maximum Gasteiger partial charge on any atom is 0.234 e. The summed E-state index contributed by atoms with van der Waals surface area (Å²) in [6.07, 6.45) is 0. The van der Waals surface area contributed by atoms with E-state index in [0.29, 0.717) is 28.2 Å². The van der Waals surface area contributed by atoms with Gasteiger partial charge in [0, 0.05) is 23.0 Å². The summed E-state index contributed by atoms with van der Waals surface area (Å²) in [5, 5.41) is 12.3. The van der Waals surface area contributed by atoms with Crippen molar-refractivity contribution in [2.24, 2.45) is 0 Å². The number of thioether (sulfide) groups is 1. The van der Waals surface area contributed by atoms with Crippen LogP contribution in [0.3, 0.4) is 0 Å². The highest BCUT2D eigenvalue weighted by atomic mass is 32.2. The van der Waals surface area contributed by atoms with Gasteiger partial charge in [-0.25, -0.2) is 0 Å². The summed E-state index contributed by atoms with van der Waals surface area (Å²) in [6, 6.07) is 22.7. The molecule has 0 fully saturated rings. The zero-order chi connectivity index (χ0) is 22.6. The number of nitrogens with one attached hydrogen (secondary N) is 1. The average molecular weight is 461 g/mol. The lowest BCUT2D eigenvalue weighted by Crippen LogP contribution is -2.14. The largest absolute Gasteiger partial charge is 0.497 e. The van der Waals surface area contributed by atoms with Crippen molar-refractivity contribution in [3.05, 3.63) is 72.8 Å². The fourth-order valence-electron chi connectivity index (χ4n) is 3.40. The second-order valence-corrected chi connectivity index (χ2v) is 8.05. The highest BCUT2D eigenvalue weighted by molar-refractivity contribution is 7.99. The average Bonchev–Trinajstić information content (AvgIpc) is 3.50. The molecule has 1 aliphatic rings. The molecule has 0 bridgehead atoms. The number of para-hydroxylation sites is 1. The predicted octanol–water partition coefficient (Wildman–Crippen LogP) is 4.40. The molecule has 4 aromatic rings. The third kappa shape index (κ3) is 4.49. The molecule has 1 aromatic heterocycles. The van der Waals surface area contributed by atoms with Crippen molar-refractivity contribution in [2.75, 3.05) is 25.0 Å². The number of anilines is 1. The monoisotopic (exact) mass is 460 g/mol. The molecule has 0 spiro atoms. The van der Waals surface area contributed by atoms with Gasteiger partial charge in [-0.3, -0.25) is 9.36 Å². The van der Waals surface area contributed by atoms with Crippen LogP contribution in [0, 0.1) is 0 Å². The number of amides is 1. The van der Waals surface area contributed by atoms with E-state index in [1.54, 1.807) is 25.3 Å². The Kier molecular flexibility index (Phi) is 5.86. The number of benzene rings is 3. The van der Waals surface area contributed by atoms with Crippen molar-refractivity contribution in [3.8, 4) is 34.3 Å². The molecule has 0 radical (unpaired) electrons. The molecule has 0 atom stereocenters. The zero-order valence-corrected chi connectivity index (χ0v) is 18.5. The van der Waals surface area contributed by atoms with E-state index in [1.807, 2.05) is 59.2 Å². The SMILES string of the molecule is COc1ccc(-c2nnc(SCC(=O)Nc3ccc4c(c3)OCO4)n2-c2ccccc2)cc1. The molecule has 0 saturated heterocycles. The quantitative estimate of drug-likeness (QED) is 0.409. The summed E-state index contributed by atoms with van der Waals surface area (Å²) < 4.78 is 17.9. The van der Waals surface area contributed by atoms with E-state index in [2.05, 4.69) is 15.5 Å². The van der Waals surface area contributed by atoms with Crippen molar-refractivity contribution >= 4 is 23.4 Å². The van der Waals surface area contributed by atoms with Crippen LogP contribution in [0.25, 0.3) is 17.1 Å². The lowest BCUT2D eigenvalue weighted by Gasteiger charge is -2.11. The molecule has 3 aromatic carbocycles. The number of aromatic nitrogens is 3. The van der Waals surface area contributed by atoms with Crippen LogP contribution in [0.4, 0.5) is 5.69 Å². The van der Waals surface area contributed by atoms with Crippen LogP contribution in [0.15, 0.2) is 78.0 Å². The molecule has 1 N–H and O–H groups in total. The lowest BCUT2D eigenvalue weighted by molar-refractivity contribution is -0.113. The van der Waals surface area contributed by atoms with E-state index >= 15 is 0 Å². The molecule has 33 heavy (non-hydrogen) atoms. The first-order valence-corrected chi connectivity index (χ1v) is 11.2. The van der Waals surface area contributed by atoms with Gasteiger partial charge in [0.2, 0.25) is 12.7 Å². The smallest absolute Gasteiger partial charge is 0.234 e. The summed E-state index contributed by atoms with van der Waals surface area (Å²) in [6.45, 7) is 0.189. The second-order valence-electron chi connectivity index (χ2n) is 7.11. The number of carbonyl (C=O) groups is 1. The van der Waals surface area contributed by atoms with Crippen LogP contribution in [-0.2, 0) is 4.79 Å². The standard InChI is InChI=1S/C24H20N4O4S/c1-30-19-10-7-16(8-11-19)23-26-27-24(28(23)18-5-3-2-4-6-18)33-14-22(29)25-17-9-12-20-21(13-17)32-15-31-20/h2-13H,14-15H2,1H3,(H,25,29). The van der Waals surface area contributed by atoms with E-state index in [-0.39, 0.29) is 18.5 Å². The van der Waals surface area contributed by atoms with E-state index in [9.17, 15) is 4.79 Å². The number of fused-ring (bicyclic) bond motifs is 1. The highest BCUT2D eigenvalue weighted by Crippen LogP contribution is 2.34. The Bertz CT molecular complexity index is 1280. The van der Waals surface area contributed by atoms with Crippen molar-refractivity contribution in [1.29, 1.82) is 0 Å². The number of rotatable bonds is 7. The molecule has 9 heteroatoms. The van der Waals surface area contributed by atoms with Gasteiger partial charge in [0.15, 0.2) is 22.5 Å². The van der Waals surface area contributed by atoms with E-state index in [4.69, 9.17) is 14.2 Å². The Hall–Kier alpha value is -3.98. The molecule has 2 heterocycles. The van der Waals surface area contributed by atoms with Gasteiger partial charge in [0.05, 0.1) is 12.9 Å². The minimum atomic E-state index is -0.160. The molecule has 5 rings (SSSR count). The summed E-state index contributed by atoms with van der Waals surface area (Å²) >= 11 is 1.31. The van der Waals surface area contributed by atoms with Crippen molar-refractivity contribution in [2.45, 2.75) is 5.16 Å². The number of ether oxygens (including phenoxy) is 3. The summed E-state index contributed by atoms with van der Waals surface area (Å²) in [7, 11) is 1.63. The highest BCUT2D eigenvalue weighted by Gasteiger charge is 2.18. The normalized spacial score (nSPS) is 11.9. The molecule has 166 valence electrons. The lowest BCUT2D eigenvalue weighted by atomic mass is 10.2. The number of hydrogen-bond acceptors (Lipinski definition) is 7. The van der Waals surface area contributed by atoms with Crippen LogP contribution >= 0.6 is 11.8 Å². The Morgan fingerprint density at radius 2 is 1.82 bits per heavy atom. The van der Waals surface area contributed by atoms with E-state index in [1.165, 1.54) is 11.8 Å². The Labute approximate surface area is 194 Å². The first-order valence-electron chi connectivity index (χ1n) is 10.2. The van der Waals surface area contributed by atoms with Crippen LogP contribution < -0.4 is 19.5 Å².